The number of fused-ring (bicyclic) bond motifs is 1. The van der Waals surface area contributed by atoms with E-state index in [9.17, 15) is 0 Å². The molecule has 0 aliphatic heterocycles. The summed E-state index contributed by atoms with van der Waals surface area (Å²) in [5.74, 6) is 0.901. The number of ether oxygens (including phenoxy) is 1. The molecular formula is C16H21NO. The van der Waals surface area contributed by atoms with Crippen LogP contribution in [0.25, 0.3) is 10.8 Å². The van der Waals surface area contributed by atoms with Crippen molar-refractivity contribution >= 4 is 10.8 Å². The van der Waals surface area contributed by atoms with Crippen molar-refractivity contribution in [1.82, 2.24) is 0 Å². The molecule has 96 valence electrons. The van der Waals surface area contributed by atoms with Crippen molar-refractivity contribution in [3.05, 3.63) is 42.0 Å². The predicted octanol–water partition coefficient (Wildman–Crippen LogP) is 3.52. The highest BCUT2D eigenvalue weighted by Crippen LogP contribution is 2.23. The van der Waals surface area contributed by atoms with Crippen molar-refractivity contribution in [1.29, 1.82) is 0 Å². The van der Waals surface area contributed by atoms with Gasteiger partial charge in [-0.2, -0.15) is 0 Å². The third-order valence-electron chi connectivity index (χ3n) is 3.17. The quantitative estimate of drug-likeness (QED) is 0.891. The number of nitrogens with two attached hydrogens (primary N) is 1. The van der Waals surface area contributed by atoms with Gasteiger partial charge in [0, 0.05) is 5.54 Å². The van der Waals surface area contributed by atoms with Gasteiger partial charge in [-0.15, -0.1) is 0 Å². The van der Waals surface area contributed by atoms with Crippen molar-refractivity contribution in [2.24, 2.45) is 5.73 Å². The molecule has 0 fully saturated rings. The van der Waals surface area contributed by atoms with Crippen molar-refractivity contribution in [3.63, 3.8) is 0 Å². The molecule has 0 saturated heterocycles. The van der Waals surface area contributed by atoms with Crippen LogP contribution in [0.4, 0.5) is 0 Å². The molecule has 2 aromatic rings. The van der Waals surface area contributed by atoms with Crippen LogP contribution in [0.3, 0.4) is 0 Å². The Hall–Kier alpha value is -1.54. The number of aryl methyl sites for hydroxylation is 1. The summed E-state index contributed by atoms with van der Waals surface area (Å²) in [5, 5.41) is 2.47. The Morgan fingerprint density at radius 1 is 1.06 bits per heavy atom. The van der Waals surface area contributed by atoms with Gasteiger partial charge < -0.3 is 10.5 Å². The minimum absolute atomic E-state index is 0.102. The van der Waals surface area contributed by atoms with Gasteiger partial charge in [-0.05, 0) is 55.2 Å². The molecule has 0 saturated carbocycles. The SMILES string of the molecule is COc1ccc2cc(CCC(C)(C)N)ccc2c1. The van der Waals surface area contributed by atoms with Gasteiger partial charge in [0.15, 0.2) is 0 Å². The van der Waals surface area contributed by atoms with E-state index in [2.05, 4.69) is 44.2 Å². The summed E-state index contributed by atoms with van der Waals surface area (Å²) in [6, 6.07) is 12.7. The lowest BCUT2D eigenvalue weighted by molar-refractivity contribution is 0.415. The zero-order valence-corrected chi connectivity index (χ0v) is 11.4. The first kappa shape index (κ1) is 12.9. The minimum atomic E-state index is -0.102. The van der Waals surface area contributed by atoms with E-state index in [0.717, 1.165) is 18.6 Å². The Morgan fingerprint density at radius 2 is 1.72 bits per heavy atom. The molecule has 2 nitrogen and oxygen atoms in total. The van der Waals surface area contributed by atoms with Gasteiger partial charge >= 0.3 is 0 Å². The molecule has 0 aliphatic carbocycles. The highest BCUT2D eigenvalue weighted by Gasteiger charge is 2.10. The topological polar surface area (TPSA) is 35.2 Å². The number of hydrogen-bond donors (Lipinski definition) is 1. The van der Waals surface area contributed by atoms with E-state index in [1.165, 1.54) is 16.3 Å². The van der Waals surface area contributed by atoms with Crippen LogP contribution in [0.2, 0.25) is 0 Å². The van der Waals surface area contributed by atoms with Crippen LogP contribution < -0.4 is 10.5 Å². The summed E-state index contributed by atoms with van der Waals surface area (Å²) < 4.78 is 5.23. The molecule has 0 aliphatic rings. The zero-order valence-electron chi connectivity index (χ0n) is 11.4. The fourth-order valence-corrected chi connectivity index (χ4v) is 2.02. The molecule has 18 heavy (non-hydrogen) atoms. The van der Waals surface area contributed by atoms with Gasteiger partial charge in [-0.1, -0.05) is 24.3 Å². The number of benzene rings is 2. The summed E-state index contributed by atoms with van der Waals surface area (Å²) >= 11 is 0. The van der Waals surface area contributed by atoms with Crippen molar-refractivity contribution in [2.45, 2.75) is 32.2 Å². The second-order valence-electron chi connectivity index (χ2n) is 5.54. The van der Waals surface area contributed by atoms with E-state index in [0.29, 0.717) is 0 Å². The summed E-state index contributed by atoms with van der Waals surface area (Å²) in [7, 11) is 1.69. The molecule has 0 unspecified atom stereocenters. The van der Waals surface area contributed by atoms with Gasteiger partial charge in [0.2, 0.25) is 0 Å². The lowest BCUT2D eigenvalue weighted by Crippen LogP contribution is -2.32. The Kier molecular flexibility index (Phi) is 3.58. The van der Waals surface area contributed by atoms with Gasteiger partial charge in [-0.3, -0.25) is 0 Å². The molecule has 0 spiro atoms. The lowest BCUT2D eigenvalue weighted by atomic mass is 9.95. The zero-order chi connectivity index (χ0) is 13.2. The standard InChI is InChI=1S/C16H21NO/c1-16(2,17)9-8-12-4-5-14-11-15(18-3)7-6-13(14)10-12/h4-7,10-11H,8-9,17H2,1-3H3. The first-order chi connectivity index (χ1) is 8.48. The first-order valence-electron chi connectivity index (χ1n) is 6.33. The molecule has 0 amide bonds. The Morgan fingerprint density at radius 3 is 2.39 bits per heavy atom. The number of hydrogen-bond acceptors (Lipinski definition) is 2. The van der Waals surface area contributed by atoms with Gasteiger partial charge in [0.25, 0.3) is 0 Å². The van der Waals surface area contributed by atoms with E-state index < -0.39 is 0 Å². The highest BCUT2D eigenvalue weighted by atomic mass is 16.5. The monoisotopic (exact) mass is 243 g/mol. The van der Waals surface area contributed by atoms with Crippen molar-refractivity contribution in [2.75, 3.05) is 7.11 Å². The van der Waals surface area contributed by atoms with Crippen LogP contribution in [0.15, 0.2) is 36.4 Å². The molecule has 0 bridgehead atoms. The van der Waals surface area contributed by atoms with Crippen LogP contribution in [0, 0.1) is 0 Å². The van der Waals surface area contributed by atoms with E-state index in [4.69, 9.17) is 10.5 Å². The first-order valence-corrected chi connectivity index (χ1v) is 6.33. The van der Waals surface area contributed by atoms with Crippen LogP contribution in [0.5, 0.6) is 5.75 Å². The molecule has 0 atom stereocenters. The smallest absolute Gasteiger partial charge is 0.119 e. The summed E-state index contributed by atoms with van der Waals surface area (Å²) in [5.41, 5.74) is 7.25. The van der Waals surface area contributed by atoms with Crippen LogP contribution >= 0.6 is 0 Å². The van der Waals surface area contributed by atoms with Gasteiger partial charge in [0.05, 0.1) is 7.11 Å². The molecule has 2 rings (SSSR count). The Bertz CT molecular complexity index is 540. The Balaban J connectivity index is 2.22. The molecule has 0 heterocycles. The lowest BCUT2D eigenvalue weighted by Gasteiger charge is -2.18. The molecule has 2 aromatic carbocycles. The van der Waals surface area contributed by atoms with Crippen LogP contribution in [0.1, 0.15) is 25.8 Å². The molecule has 2 N–H and O–H groups in total. The average molecular weight is 243 g/mol. The maximum atomic E-state index is 6.02. The fourth-order valence-electron chi connectivity index (χ4n) is 2.02. The summed E-state index contributed by atoms with van der Waals surface area (Å²) in [6.07, 6.45) is 2.01. The van der Waals surface area contributed by atoms with Gasteiger partial charge in [-0.25, -0.2) is 0 Å². The average Bonchev–Trinajstić information content (AvgIpc) is 2.34. The number of rotatable bonds is 4. The highest BCUT2D eigenvalue weighted by molar-refractivity contribution is 5.84. The summed E-state index contributed by atoms with van der Waals surface area (Å²) in [4.78, 5) is 0. The van der Waals surface area contributed by atoms with Crippen molar-refractivity contribution < 1.29 is 4.74 Å². The van der Waals surface area contributed by atoms with E-state index >= 15 is 0 Å². The largest absolute Gasteiger partial charge is 0.497 e. The fraction of sp³-hybridized carbons (Fsp3) is 0.375. The van der Waals surface area contributed by atoms with Crippen molar-refractivity contribution in [3.8, 4) is 5.75 Å². The second-order valence-corrected chi connectivity index (χ2v) is 5.54. The third-order valence-corrected chi connectivity index (χ3v) is 3.17. The maximum Gasteiger partial charge on any atom is 0.119 e. The number of methoxy groups -OCH3 is 1. The molecule has 2 heteroatoms. The minimum Gasteiger partial charge on any atom is -0.497 e. The van der Waals surface area contributed by atoms with E-state index in [1.807, 2.05) is 6.07 Å². The third kappa shape index (κ3) is 3.23. The summed E-state index contributed by atoms with van der Waals surface area (Å²) in [6.45, 7) is 4.14. The normalized spacial score (nSPS) is 11.8. The van der Waals surface area contributed by atoms with Crippen LogP contribution in [-0.4, -0.2) is 12.6 Å². The van der Waals surface area contributed by atoms with Gasteiger partial charge in [0.1, 0.15) is 5.75 Å². The maximum absolute atomic E-state index is 6.02. The molecule has 0 radical (unpaired) electrons. The Labute approximate surface area is 109 Å². The molecule has 0 aromatic heterocycles. The second kappa shape index (κ2) is 4.99. The van der Waals surface area contributed by atoms with E-state index in [1.54, 1.807) is 7.11 Å². The predicted molar refractivity (Wildman–Crippen MR) is 77.1 cm³/mol. The molecular weight excluding hydrogens is 222 g/mol. The van der Waals surface area contributed by atoms with Crippen LogP contribution in [-0.2, 0) is 6.42 Å². The van der Waals surface area contributed by atoms with E-state index in [-0.39, 0.29) is 5.54 Å².